The van der Waals surface area contributed by atoms with E-state index >= 15 is 0 Å². The standard InChI is InChI=1S/C20H29FN4O2/c21-16-6-8-18(9-7-16)24-20(27)25-12-10-15(11-13-25)14-22-19(26)23-17-4-2-1-3-5-17/h6-9,15,17H,1-5,10-14H2,(H,24,27)(H2,22,23,26). The van der Waals surface area contributed by atoms with E-state index in [0.29, 0.717) is 37.3 Å². The lowest BCUT2D eigenvalue weighted by Crippen LogP contribution is -2.46. The molecule has 0 spiro atoms. The molecule has 2 fully saturated rings. The highest BCUT2D eigenvalue weighted by atomic mass is 19.1. The van der Waals surface area contributed by atoms with E-state index in [9.17, 15) is 14.0 Å². The van der Waals surface area contributed by atoms with Gasteiger partial charge < -0.3 is 20.9 Å². The van der Waals surface area contributed by atoms with Gasteiger partial charge in [-0.15, -0.1) is 0 Å². The predicted molar refractivity (Wildman–Crippen MR) is 103 cm³/mol. The molecule has 27 heavy (non-hydrogen) atoms. The minimum absolute atomic E-state index is 0.0709. The molecule has 6 nitrogen and oxygen atoms in total. The number of nitrogens with zero attached hydrogens (tertiary/aromatic N) is 1. The molecule has 0 bridgehead atoms. The third kappa shape index (κ3) is 6.12. The van der Waals surface area contributed by atoms with Gasteiger partial charge in [0.05, 0.1) is 0 Å². The average Bonchev–Trinajstić information content (AvgIpc) is 2.69. The van der Waals surface area contributed by atoms with Crippen molar-refractivity contribution in [3.63, 3.8) is 0 Å². The van der Waals surface area contributed by atoms with Gasteiger partial charge in [-0.2, -0.15) is 0 Å². The van der Waals surface area contributed by atoms with Gasteiger partial charge in [0.1, 0.15) is 5.82 Å². The molecule has 1 aromatic carbocycles. The molecule has 0 radical (unpaired) electrons. The van der Waals surface area contributed by atoms with Crippen LogP contribution in [0.1, 0.15) is 44.9 Å². The minimum Gasteiger partial charge on any atom is -0.338 e. The van der Waals surface area contributed by atoms with Crippen molar-refractivity contribution < 1.29 is 14.0 Å². The van der Waals surface area contributed by atoms with Gasteiger partial charge >= 0.3 is 12.1 Å². The highest BCUT2D eigenvalue weighted by Gasteiger charge is 2.23. The Morgan fingerprint density at radius 2 is 1.67 bits per heavy atom. The van der Waals surface area contributed by atoms with Crippen LogP contribution in [-0.2, 0) is 0 Å². The Labute approximate surface area is 159 Å². The van der Waals surface area contributed by atoms with Crippen LogP contribution in [0.25, 0.3) is 0 Å². The molecule has 1 heterocycles. The summed E-state index contributed by atoms with van der Waals surface area (Å²) in [6, 6.07) is 5.83. The molecule has 1 saturated heterocycles. The number of benzene rings is 1. The number of carbonyl (C=O) groups is 2. The minimum atomic E-state index is -0.325. The van der Waals surface area contributed by atoms with Gasteiger partial charge in [0.15, 0.2) is 0 Å². The van der Waals surface area contributed by atoms with Crippen molar-refractivity contribution >= 4 is 17.7 Å². The van der Waals surface area contributed by atoms with Gasteiger partial charge in [0, 0.05) is 31.4 Å². The largest absolute Gasteiger partial charge is 0.338 e. The number of hydrogen-bond acceptors (Lipinski definition) is 2. The lowest BCUT2D eigenvalue weighted by Gasteiger charge is -2.32. The fraction of sp³-hybridized carbons (Fsp3) is 0.600. The maximum atomic E-state index is 12.9. The smallest absolute Gasteiger partial charge is 0.321 e. The highest BCUT2D eigenvalue weighted by molar-refractivity contribution is 5.89. The van der Waals surface area contributed by atoms with Crippen molar-refractivity contribution in [2.75, 3.05) is 25.0 Å². The summed E-state index contributed by atoms with van der Waals surface area (Å²) in [6.07, 6.45) is 7.55. The van der Waals surface area contributed by atoms with Crippen LogP contribution < -0.4 is 16.0 Å². The molecule has 7 heteroatoms. The summed E-state index contributed by atoms with van der Waals surface area (Å²) in [5.41, 5.74) is 0.588. The highest BCUT2D eigenvalue weighted by Crippen LogP contribution is 2.19. The third-order valence-corrected chi connectivity index (χ3v) is 5.49. The Hall–Kier alpha value is -2.31. The number of urea groups is 2. The van der Waals surface area contributed by atoms with Gasteiger partial charge in [0.25, 0.3) is 0 Å². The number of amides is 4. The summed E-state index contributed by atoms with van der Waals surface area (Å²) in [5, 5.41) is 8.84. The van der Waals surface area contributed by atoms with E-state index in [-0.39, 0.29) is 17.9 Å². The topological polar surface area (TPSA) is 73.5 Å². The molecule has 0 aromatic heterocycles. The second-order valence-corrected chi connectivity index (χ2v) is 7.56. The van der Waals surface area contributed by atoms with E-state index in [1.165, 1.54) is 31.4 Å². The molecule has 3 N–H and O–H groups in total. The molecule has 0 atom stereocenters. The first-order valence-corrected chi connectivity index (χ1v) is 9.96. The van der Waals surface area contributed by atoms with E-state index in [1.807, 2.05) is 0 Å². The van der Waals surface area contributed by atoms with Crippen LogP contribution in [0.3, 0.4) is 0 Å². The Morgan fingerprint density at radius 3 is 2.33 bits per heavy atom. The lowest BCUT2D eigenvalue weighted by atomic mass is 9.95. The molecule has 0 unspecified atom stereocenters. The van der Waals surface area contributed by atoms with E-state index < -0.39 is 0 Å². The van der Waals surface area contributed by atoms with Gasteiger partial charge in [-0.3, -0.25) is 0 Å². The van der Waals surface area contributed by atoms with Crippen molar-refractivity contribution in [1.29, 1.82) is 0 Å². The molecule has 2 aliphatic rings. The van der Waals surface area contributed by atoms with Gasteiger partial charge in [-0.05, 0) is 55.9 Å². The maximum absolute atomic E-state index is 12.9. The third-order valence-electron chi connectivity index (χ3n) is 5.49. The van der Waals surface area contributed by atoms with Gasteiger partial charge in [-0.25, -0.2) is 14.0 Å². The molecular weight excluding hydrogens is 347 g/mol. The number of nitrogens with one attached hydrogen (secondary N) is 3. The summed E-state index contributed by atoms with van der Waals surface area (Å²) in [7, 11) is 0. The fourth-order valence-electron chi connectivity index (χ4n) is 3.80. The summed E-state index contributed by atoms with van der Waals surface area (Å²) in [5.74, 6) is 0.0609. The first-order chi connectivity index (χ1) is 13.1. The van der Waals surface area contributed by atoms with E-state index in [2.05, 4.69) is 16.0 Å². The molecule has 1 saturated carbocycles. The molecule has 3 rings (SSSR count). The van der Waals surface area contributed by atoms with Crippen molar-refractivity contribution in [2.45, 2.75) is 51.0 Å². The normalized spacial score (nSPS) is 18.8. The van der Waals surface area contributed by atoms with E-state index in [1.54, 1.807) is 17.0 Å². The van der Waals surface area contributed by atoms with Crippen LogP contribution in [0.15, 0.2) is 24.3 Å². The molecule has 1 aliphatic heterocycles. The molecule has 4 amide bonds. The summed E-state index contributed by atoms with van der Waals surface area (Å²) in [4.78, 5) is 26.1. The summed E-state index contributed by atoms with van der Waals surface area (Å²) in [6.45, 7) is 1.96. The lowest BCUT2D eigenvalue weighted by molar-refractivity contribution is 0.180. The van der Waals surface area contributed by atoms with Crippen LogP contribution >= 0.6 is 0 Å². The van der Waals surface area contributed by atoms with Crippen LogP contribution in [0.2, 0.25) is 0 Å². The maximum Gasteiger partial charge on any atom is 0.321 e. The van der Waals surface area contributed by atoms with Crippen molar-refractivity contribution in [2.24, 2.45) is 5.92 Å². The monoisotopic (exact) mass is 376 g/mol. The van der Waals surface area contributed by atoms with E-state index in [0.717, 1.165) is 25.7 Å². The summed E-state index contributed by atoms with van der Waals surface area (Å²) < 4.78 is 12.9. The number of carbonyl (C=O) groups excluding carboxylic acids is 2. The van der Waals surface area contributed by atoms with Crippen molar-refractivity contribution in [3.05, 3.63) is 30.1 Å². The molecule has 148 valence electrons. The number of piperidine rings is 1. The van der Waals surface area contributed by atoms with Crippen LogP contribution in [-0.4, -0.2) is 42.6 Å². The second kappa shape index (κ2) is 9.58. The Morgan fingerprint density at radius 1 is 1.00 bits per heavy atom. The fourth-order valence-corrected chi connectivity index (χ4v) is 3.80. The van der Waals surface area contributed by atoms with Crippen molar-refractivity contribution in [1.82, 2.24) is 15.5 Å². The molecule has 1 aromatic rings. The zero-order chi connectivity index (χ0) is 19.1. The zero-order valence-corrected chi connectivity index (χ0v) is 15.7. The number of anilines is 1. The van der Waals surface area contributed by atoms with Crippen molar-refractivity contribution in [3.8, 4) is 0 Å². The first-order valence-electron chi connectivity index (χ1n) is 9.96. The number of rotatable bonds is 4. The average molecular weight is 376 g/mol. The second-order valence-electron chi connectivity index (χ2n) is 7.56. The van der Waals surface area contributed by atoms with Crippen LogP contribution in [0.4, 0.5) is 19.7 Å². The predicted octanol–water partition coefficient (Wildman–Crippen LogP) is 3.70. The summed E-state index contributed by atoms with van der Waals surface area (Å²) >= 11 is 0. The SMILES string of the molecule is O=C(NCC1CCN(C(=O)Nc2ccc(F)cc2)CC1)NC1CCCCC1. The zero-order valence-electron chi connectivity index (χ0n) is 15.7. The Balaban J connectivity index is 1.34. The number of likely N-dealkylation sites (tertiary alicyclic amines) is 1. The molecule has 1 aliphatic carbocycles. The van der Waals surface area contributed by atoms with E-state index in [4.69, 9.17) is 0 Å². The number of hydrogen-bond donors (Lipinski definition) is 3. The van der Waals surface area contributed by atoms with Gasteiger partial charge in [0.2, 0.25) is 0 Å². The quantitative estimate of drug-likeness (QED) is 0.750. The first kappa shape index (κ1) is 19.5. The molecular formula is C20H29FN4O2. The van der Waals surface area contributed by atoms with Crippen LogP contribution in [0, 0.1) is 11.7 Å². The Bertz CT molecular complexity index is 623. The number of halogens is 1. The Kier molecular flexibility index (Phi) is 6.90. The van der Waals surface area contributed by atoms with Crippen LogP contribution in [0.5, 0.6) is 0 Å². The van der Waals surface area contributed by atoms with Gasteiger partial charge in [-0.1, -0.05) is 19.3 Å².